The summed E-state index contributed by atoms with van der Waals surface area (Å²) in [5.74, 6) is 0.653. The molecule has 2 atom stereocenters. The second kappa shape index (κ2) is 6.63. The zero-order valence-corrected chi connectivity index (χ0v) is 15.8. The van der Waals surface area contributed by atoms with E-state index in [-0.39, 0.29) is 0 Å². The molecule has 4 heteroatoms. The highest BCUT2D eigenvalue weighted by atomic mass is 32.1. The van der Waals surface area contributed by atoms with Crippen molar-refractivity contribution in [1.82, 2.24) is 4.90 Å². The largest absolute Gasteiger partial charge is 0.300 e. The van der Waals surface area contributed by atoms with Gasteiger partial charge < -0.3 is 4.90 Å². The standard InChI is InChI=1S/C20H24N2S2/c1-22-16-5-2-6-17(22)12-15(11-16)13-20(14-21,18-7-3-9-23-18)19-8-4-10-24-19/h3-4,7-10,15-17H,2,5-6,11-13H2,1H3. The Hall–Kier alpha value is -1.15. The fourth-order valence-electron chi connectivity index (χ4n) is 4.85. The molecule has 126 valence electrons. The Morgan fingerprint density at radius 3 is 2.17 bits per heavy atom. The Labute approximate surface area is 152 Å². The summed E-state index contributed by atoms with van der Waals surface area (Å²) in [5.41, 5.74) is -0.447. The highest BCUT2D eigenvalue weighted by Gasteiger charge is 2.43. The van der Waals surface area contributed by atoms with E-state index in [4.69, 9.17) is 0 Å². The van der Waals surface area contributed by atoms with Crippen LogP contribution in [0.15, 0.2) is 35.0 Å². The molecule has 4 heterocycles. The maximum absolute atomic E-state index is 10.3. The van der Waals surface area contributed by atoms with Crippen molar-refractivity contribution < 1.29 is 0 Å². The lowest BCUT2D eigenvalue weighted by Crippen LogP contribution is -2.50. The third-order valence-electron chi connectivity index (χ3n) is 6.11. The van der Waals surface area contributed by atoms with Gasteiger partial charge in [0.1, 0.15) is 5.41 Å². The van der Waals surface area contributed by atoms with Gasteiger partial charge >= 0.3 is 0 Å². The molecule has 2 fully saturated rings. The van der Waals surface area contributed by atoms with E-state index in [0.717, 1.165) is 18.5 Å². The van der Waals surface area contributed by atoms with Crippen LogP contribution in [0.5, 0.6) is 0 Å². The van der Waals surface area contributed by atoms with Gasteiger partial charge in [0.2, 0.25) is 0 Å². The molecule has 0 radical (unpaired) electrons. The quantitative estimate of drug-likeness (QED) is 0.746. The number of hydrogen-bond acceptors (Lipinski definition) is 4. The van der Waals surface area contributed by atoms with Crippen LogP contribution in [0.2, 0.25) is 0 Å². The number of nitriles is 1. The highest BCUT2D eigenvalue weighted by molar-refractivity contribution is 7.11. The number of piperidine rings is 2. The van der Waals surface area contributed by atoms with Crippen molar-refractivity contribution in [2.75, 3.05) is 7.05 Å². The van der Waals surface area contributed by atoms with Crippen LogP contribution in [0.4, 0.5) is 0 Å². The van der Waals surface area contributed by atoms with Gasteiger partial charge in [-0.1, -0.05) is 18.6 Å². The van der Waals surface area contributed by atoms with Crippen LogP contribution in [0, 0.1) is 17.2 Å². The van der Waals surface area contributed by atoms with E-state index in [1.54, 1.807) is 22.7 Å². The molecule has 0 spiro atoms. The van der Waals surface area contributed by atoms with Crippen molar-refractivity contribution in [3.05, 3.63) is 44.8 Å². The minimum atomic E-state index is -0.447. The van der Waals surface area contributed by atoms with Crippen molar-refractivity contribution in [2.45, 2.75) is 56.0 Å². The Bertz CT molecular complexity index is 650. The zero-order chi connectivity index (χ0) is 16.6. The van der Waals surface area contributed by atoms with Gasteiger partial charge in [-0.25, -0.2) is 0 Å². The molecule has 0 saturated carbocycles. The summed E-state index contributed by atoms with van der Waals surface area (Å²) in [5, 5.41) is 14.5. The molecule has 0 amide bonds. The summed E-state index contributed by atoms with van der Waals surface area (Å²) < 4.78 is 0. The lowest BCUT2D eigenvalue weighted by molar-refractivity contribution is 0.0312. The number of nitrogens with zero attached hydrogens (tertiary/aromatic N) is 2. The molecule has 0 N–H and O–H groups in total. The summed E-state index contributed by atoms with van der Waals surface area (Å²) in [7, 11) is 2.31. The monoisotopic (exact) mass is 356 g/mol. The molecular weight excluding hydrogens is 332 g/mol. The Morgan fingerprint density at radius 2 is 1.71 bits per heavy atom. The van der Waals surface area contributed by atoms with E-state index in [0.29, 0.717) is 5.92 Å². The van der Waals surface area contributed by atoms with Gasteiger partial charge in [-0.3, -0.25) is 0 Å². The lowest BCUT2D eigenvalue weighted by atomic mass is 9.70. The Balaban J connectivity index is 1.65. The minimum absolute atomic E-state index is 0.447. The molecule has 2 saturated heterocycles. The maximum atomic E-state index is 10.3. The van der Waals surface area contributed by atoms with Gasteiger partial charge in [-0.15, -0.1) is 22.7 Å². The van der Waals surface area contributed by atoms with E-state index < -0.39 is 5.41 Å². The summed E-state index contributed by atoms with van der Waals surface area (Å²) in [4.78, 5) is 5.05. The Kier molecular flexibility index (Phi) is 4.51. The first kappa shape index (κ1) is 16.3. The molecule has 2 aromatic heterocycles. The summed E-state index contributed by atoms with van der Waals surface area (Å²) >= 11 is 3.47. The first-order valence-electron chi connectivity index (χ1n) is 8.94. The lowest BCUT2D eigenvalue weighted by Gasteiger charge is -2.48. The molecule has 2 aliphatic heterocycles. The van der Waals surface area contributed by atoms with Crippen molar-refractivity contribution >= 4 is 22.7 Å². The fourth-order valence-corrected chi connectivity index (χ4v) is 6.72. The molecule has 2 nitrogen and oxygen atoms in total. The molecule has 24 heavy (non-hydrogen) atoms. The second-order valence-electron chi connectivity index (χ2n) is 7.42. The van der Waals surface area contributed by atoms with Gasteiger partial charge in [0.15, 0.2) is 0 Å². The van der Waals surface area contributed by atoms with Crippen LogP contribution in [-0.4, -0.2) is 24.0 Å². The summed E-state index contributed by atoms with van der Waals surface area (Å²) in [6.07, 6.45) is 7.54. The SMILES string of the molecule is CN1C2CCCC1CC(CC(C#N)(c1cccs1)c1cccs1)C2. The molecule has 2 bridgehead atoms. The van der Waals surface area contributed by atoms with Crippen molar-refractivity contribution in [1.29, 1.82) is 5.26 Å². The topological polar surface area (TPSA) is 27.0 Å². The van der Waals surface area contributed by atoms with Crippen LogP contribution < -0.4 is 0 Å². The summed E-state index contributed by atoms with van der Waals surface area (Å²) in [6.45, 7) is 0. The molecular formula is C20H24N2S2. The smallest absolute Gasteiger partial charge is 0.126 e. The maximum Gasteiger partial charge on any atom is 0.126 e. The van der Waals surface area contributed by atoms with Crippen LogP contribution >= 0.6 is 22.7 Å². The van der Waals surface area contributed by atoms with E-state index >= 15 is 0 Å². The minimum Gasteiger partial charge on any atom is -0.300 e. The van der Waals surface area contributed by atoms with Crippen molar-refractivity contribution in [3.8, 4) is 6.07 Å². The third kappa shape index (κ3) is 2.73. The molecule has 2 aromatic rings. The molecule has 2 unspecified atom stereocenters. The number of rotatable bonds is 4. The zero-order valence-electron chi connectivity index (χ0n) is 14.1. The van der Waals surface area contributed by atoms with Crippen LogP contribution in [0.3, 0.4) is 0 Å². The van der Waals surface area contributed by atoms with Gasteiger partial charge in [0.25, 0.3) is 0 Å². The predicted molar refractivity (Wildman–Crippen MR) is 102 cm³/mol. The summed E-state index contributed by atoms with van der Waals surface area (Å²) in [6, 6.07) is 12.7. The number of thiophene rings is 2. The van der Waals surface area contributed by atoms with E-state index in [9.17, 15) is 5.26 Å². The molecule has 0 aromatic carbocycles. The average Bonchev–Trinajstić information content (AvgIpc) is 3.27. The Morgan fingerprint density at radius 1 is 1.12 bits per heavy atom. The van der Waals surface area contributed by atoms with Crippen molar-refractivity contribution in [3.63, 3.8) is 0 Å². The third-order valence-corrected chi connectivity index (χ3v) is 8.17. The molecule has 2 aliphatic rings. The van der Waals surface area contributed by atoms with Crippen molar-refractivity contribution in [2.24, 2.45) is 5.92 Å². The number of fused-ring (bicyclic) bond motifs is 2. The van der Waals surface area contributed by atoms with Gasteiger partial charge in [-0.05, 0) is 68.0 Å². The molecule has 0 aliphatic carbocycles. The highest BCUT2D eigenvalue weighted by Crippen LogP contribution is 2.46. The van der Waals surface area contributed by atoms with Crippen LogP contribution in [0.1, 0.15) is 48.3 Å². The first-order chi connectivity index (χ1) is 11.7. The van der Waals surface area contributed by atoms with Crippen LogP contribution in [0.25, 0.3) is 0 Å². The molecule has 4 rings (SSSR count). The van der Waals surface area contributed by atoms with Gasteiger partial charge in [-0.2, -0.15) is 5.26 Å². The fraction of sp³-hybridized carbons (Fsp3) is 0.550. The van der Waals surface area contributed by atoms with Crippen LogP contribution in [-0.2, 0) is 5.41 Å². The normalized spacial score (nSPS) is 27.8. The second-order valence-corrected chi connectivity index (χ2v) is 9.31. The van der Waals surface area contributed by atoms with Gasteiger partial charge in [0.05, 0.1) is 6.07 Å². The van der Waals surface area contributed by atoms with E-state index in [2.05, 4.69) is 53.0 Å². The predicted octanol–water partition coefficient (Wildman–Crippen LogP) is 5.27. The van der Waals surface area contributed by atoms with E-state index in [1.165, 1.54) is 41.9 Å². The van der Waals surface area contributed by atoms with E-state index in [1.807, 2.05) is 0 Å². The van der Waals surface area contributed by atoms with Gasteiger partial charge in [0, 0.05) is 21.8 Å². The average molecular weight is 357 g/mol. The first-order valence-corrected chi connectivity index (χ1v) is 10.7. The number of hydrogen-bond donors (Lipinski definition) is 0.